The third-order valence-corrected chi connectivity index (χ3v) is 5.72. The Hall–Kier alpha value is -2.72. The van der Waals surface area contributed by atoms with Gasteiger partial charge in [0.15, 0.2) is 5.16 Å². The van der Waals surface area contributed by atoms with E-state index in [-0.39, 0.29) is 0 Å². The highest BCUT2D eigenvalue weighted by atomic mass is 32.2. The Labute approximate surface area is 164 Å². The van der Waals surface area contributed by atoms with Crippen LogP contribution in [0, 0.1) is 13.8 Å². The van der Waals surface area contributed by atoms with Crippen molar-refractivity contribution < 1.29 is 4.74 Å². The van der Waals surface area contributed by atoms with Crippen molar-refractivity contribution in [3.05, 3.63) is 83.4 Å². The zero-order chi connectivity index (χ0) is 18.8. The van der Waals surface area contributed by atoms with Crippen LogP contribution >= 0.6 is 11.8 Å². The molecular weight excluding hydrogens is 352 g/mol. The molecule has 0 aliphatic carbocycles. The zero-order valence-electron chi connectivity index (χ0n) is 15.8. The Morgan fingerprint density at radius 1 is 0.963 bits per heavy atom. The number of aryl methyl sites for hydroxylation is 2. The molecule has 0 saturated carbocycles. The number of fused-ring (bicyclic) bond motifs is 1. The van der Waals surface area contributed by atoms with Gasteiger partial charge in [-0.1, -0.05) is 42.1 Å². The predicted octanol–water partition coefficient (Wildman–Crippen LogP) is 5.94. The molecule has 0 N–H and O–H groups in total. The second-order valence-electron chi connectivity index (χ2n) is 6.64. The van der Waals surface area contributed by atoms with E-state index in [9.17, 15) is 0 Å². The number of thioether (sulfide) groups is 1. The van der Waals surface area contributed by atoms with Crippen LogP contribution in [-0.4, -0.2) is 16.7 Å². The first-order valence-electron chi connectivity index (χ1n) is 8.96. The molecule has 1 heterocycles. The van der Waals surface area contributed by atoms with E-state index >= 15 is 0 Å². The first-order valence-corrected chi connectivity index (χ1v) is 9.95. The maximum Gasteiger partial charge on any atom is 0.174 e. The lowest BCUT2D eigenvalue weighted by Gasteiger charge is -2.11. The number of hydrogen-bond donors (Lipinski definition) is 0. The molecule has 3 nitrogen and oxygen atoms in total. The van der Waals surface area contributed by atoms with E-state index < -0.39 is 0 Å². The Kier molecular flexibility index (Phi) is 4.90. The second kappa shape index (κ2) is 7.49. The number of methoxy groups -OCH3 is 1. The van der Waals surface area contributed by atoms with Crippen molar-refractivity contribution in [3.8, 4) is 11.4 Å². The minimum atomic E-state index is 0.855. The van der Waals surface area contributed by atoms with Gasteiger partial charge in [-0.25, -0.2) is 4.98 Å². The van der Waals surface area contributed by atoms with Gasteiger partial charge in [-0.3, -0.25) is 4.57 Å². The molecule has 0 aliphatic rings. The molecular formula is C23H22N2OS. The second-order valence-corrected chi connectivity index (χ2v) is 7.58. The summed E-state index contributed by atoms with van der Waals surface area (Å²) in [5.41, 5.74) is 7.12. The van der Waals surface area contributed by atoms with Crippen molar-refractivity contribution in [1.29, 1.82) is 0 Å². The van der Waals surface area contributed by atoms with Crippen LogP contribution in [0.5, 0.6) is 5.75 Å². The number of hydrogen-bond acceptors (Lipinski definition) is 3. The summed E-state index contributed by atoms with van der Waals surface area (Å²) in [6.45, 7) is 4.27. The van der Waals surface area contributed by atoms with E-state index in [0.717, 1.165) is 33.4 Å². The minimum Gasteiger partial charge on any atom is -0.497 e. The van der Waals surface area contributed by atoms with Gasteiger partial charge < -0.3 is 4.74 Å². The molecule has 4 heteroatoms. The van der Waals surface area contributed by atoms with Crippen molar-refractivity contribution in [3.63, 3.8) is 0 Å². The maximum atomic E-state index is 5.31. The van der Waals surface area contributed by atoms with Crippen molar-refractivity contribution in [2.75, 3.05) is 7.11 Å². The summed E-state index contributed by atoms with van der Waals surface area (Å²) in [6.07, 6.45) is 0. The number of imidazole rings is 1. The van der Waals surface area contributed by atoms with Crippen LogP contribution in [0.25, 0.3) is 16.7 Å². The lowest BCUT2D eigenvalue weighted by Crippen LogP contribution is -1.97. The molecule has 0 unspecified atom stereocenters. The number of benzene rings is 3. The Morgan fingerprint density at radius 3 is 2.48 bits per heavy atom. The summed E-state index contributed by atoms with van der Waals surface area (Å²) < 4.78 is 7.55. The van der Waals surface area contributed by atoms with Gasteiger partial charge in [-0.2, -0.15) is 0 Å². The molecule has 0 bridgehead atoms. The van der Waals surface area contributed by atoms with Crippen LogP contribution in [0.15, 0.2) is 71.9 Å². The highest BCUT2D eigenvalue weighted by Crippen LogP contribution is 2.31. The number of aromatic nitrogens is 2. The van der Waals surface area contributed by atoms with Crippen molar-refractivity contribution in [1.82, 2.24) is 9.55 Å². The molecule has 27 heavy (non-hydrogen) atoms. The van der Waals surface area contributed by atoms with Crippen molar-refractivity contribution in [2.24, 2.45) is 0 Å². The maximum absolute atomic E-state index is 5.31. The molecule has 0 amide bonds. The van der Waals surface area contributed by atoms with Crippen LogP contribution in [0.3, 0.4) is 0 Å². The lowest BCUT2D eigenvalue weighted by molar-refractivity contribution is 0.414. The highest BCUT2D eigenvalue weighted by Gasteiger charge is 2.14. The summed E-state index contributed by atoms with van der Waals surface area (Å²) in [5.74, 6) is 1.75. The van der Waals surface area contributed by atoms with Gasteiger partial charge in [0.05, 0.1) is 18.1 Å². The average molecular weight is 375 g/mol. The SMILES string of the molecule is COc1ccc(-n2c(SCc3ccccc3C)nc3ccc(C)cc32)cc1. The largest absolute Gasteiger partial charge is 0.497 e. The van der Waals surface area contributed by atoms with E-state index in [1.54, 1.807) is 18.9 Å². The monoisotopic (exact) mass is 374 g/mol. The van der Waals surface area contributed by atoms with E-state index in [4.69, 9.17) is 9.72 Å². The summed E-state index contributed by atoms with van der Waals surface area (Å²) in [4.78, 5) is 4.91. The first kappa shape index (κ1) is 17.7. The molecule has 1 aromatic heterocycles. The van der Waals surface area contributed by atoms with Gasteiger partial charge in [0, 0.05) is 11.4 Å². The fourth-order valence-corrected chi connectivity index (χ4v) is 4.26. The van der Waals surface area contributed by atoms with Gasteiger partial charge in [-0.15, -0.1) is 0 Å². The van der Waals surface area contributed by atoms with Gasteiger partial charge in [-0.05, 0) is 66.9 Å². The van der Waals surface area contributed by atoms with E-state index in [0.29, 0.717) is 0 Å². The topological polar surface area (TPSA) is 27.1 Å². The van der Waals surface area contributed by atoms with Crippen LogP contribution in [0.1, 0.15) is 16.7 Å². The van der Waals surface area contributed by atoms with Crippen LogP contribution in [-0.2, 0) is 5.75 Å². The number of ether oxygens (including phenoxy) is 1. The molecule has 0 radical (unpaired) electrons. The van der Waals surface area contributed by atoms with Crippen LogP contribution < -0.4 is 4.74 Å². The molecule has 136 valence electrons. The Balaban J connectivity index is 1.78. The van der Waals surface area contributed by atoms with Gasteiger partial charge in [0.25, 0.3) is 0 Å². The molecule has 0 spiro atoms. The minimum absolute atomic E-state index is 0.855. The molecule has 0 fully saturated rings. The molecule has 3 aromatic carbocycles. The van der Waals surface area contributed by atoms with Crippen LogP contribution in [0.4, 0.5) is 0 Å². The zero-order valence-corrected chi connectivity index (χ0v) is 16.6. The Bertz CT molecular complexity index is 1080. The molecule has 4 aromatic rings. The third-order valence-electron chi connectivity index (χ3n) is 4.73. The van der Waals surface area contributed by atoms with Crippen molar-refractivity contribution >= 4 is 22.8 Å². The molecule has 4 rings (SSSR count). The summed E-state index contributed by atoms with van der Waals surface area (Å²) >= 11 is 1.77. The fraction of sp³-hybridized carbons (Fsp3) is 0.174. The van der Waals surface area contributed by atoms with Crippen LogP contribution in [0.2, 0.25) is 0 Å². The quantitative estimate of drug-likeness (QED) is 0.404. The standard InChI is InChI=1S/C23H22N2OS/c1-16-8-13-21-22(14-16)25(19-9-11-20(26-3)12-10-19)23(24-21)27-15-18-7-5-4-6-17(18)2/h4-14H,15H2,1-3H3. The van der Waals surface area contributed by atoms with Gasteiger partial charge in [0.2, 0.25) is 0 Å². The normalized spacial score (nSPS) is 11.1. The summed E-state index contributed by atoms with van der Waals surface area (Å²) in [6, 6.07) is 23.1. The van der Waals surface area contributed by atoms with Gasteiger partial charge in [0.1, 0.15) is 5.75 Å². The number of nitrogens with zero attached hydrogens (tertiary/aromatic N) is 2. The number of rotatable bonds is 5. The lowest BCUT2D eigenvalue weighted by atomic mass is 10.1. The van der Waals surface area contributed by atoms with Gasteiger partial charge >= 0.3 is 0 Å². The first-order chi connectivity index (χ1) is 13.2. The summed E-state index contributed by atoms with van der Waals surface area (Å²) in [5, 5.41) is 1.00. The fourth-order valence-electron chi connectivity index (χ4n) is 3.16. The van der Waals surface area contributed by atoms with E-state index in [1.807, 2.05) is 12.1 Å². The smallest absolute Gasteiger partial charge is 0.174 e. The predicted molar refractivity (Wildman–Crippen MR) is 113 cm³/mol. The summed E-state index contributed by atoms with van der Waals surface area (Å²) in [7, 11) is 1.69. The molecule has 0 aliphatic heterocycles. The molecule has 0 saturated heterocycles. The average Bonchev–Trinajstić information content (AvgIpc) is 3.05. The van der Waals surface area contributed by atoms with E-state index in [1.165, 1.54) is 16.7 Å². The third kappa shape index (κ3) is 3.58. The highest BCUT2D eigenvalue weighted by molar-refractivity contribution is 7.98. The Morgan fingerprint density at radius 2 is 1.74 bits per heavy atom. The van der Waals surface area contributed by atoms with Crippen molar-refractivity contribution in [2.45, 2.75) is 24.8 Å². The molecule has 0 atom stereocenters. The van der Waals surface area contributed by atoms with E-state index in [2.05, 4.69) is 73.0 Å².